The Morgan fingerprint density at radius 2 is 1.30 bits per heavy atom. The van der Waals surface area contributed by atoms with Gasteiger partial charge in [-0.05, 0) is 32.1 Å². The molecule has 1 rings (SSSR count). The molecule has 0 saturated carbocycles. The molecule has 1 aliphatic heterocycles. The number of carboxylic acid groups (broad SMARTS) is 2. The predicted molar refractivity (Wildman–Crippen MR) is 176 cm³/mol. The van der Waals surface area contributed by atoms with Crippen molar-refractivity contribution >= 4 is 35.9 Å². The molecule has 1 aliphatic rings. The molecule has 1 saturated heterocycles. The summed E-state index contributed by atoms with van der Waals surface area (Å²) in [7, 11) is 0. The molecular formula is C34H59N3O10. The third kappa shape index (κ3) is 22.2. The first-order chi connectivity index (χ1) is 22.8. The van der Waals surface area contributed by atoms with Crippen LogP contribution in [0.1, 0.15) is 128 Å². The number of carboxylic acids is 2. The number of nitrogens with zero attached hydrogens (tertiary/aromatic N) is 1. The van der Waals surface area contributed by atoms with Crippen LogP contribution in [0.15, 0.2) is 0 Å². The van der Waals surface area contributed by atoms with Crippen molar-refractivity contribution in [1.82, 2.24) is 15.5 Å². The molecule has 2 unspecified atom stereocenters. The lowest BCUT2D eigenvalue weighted by atomic mass is 10.0. The van der Waals surface area contributed by atoms with Gasteiger partial charge in [-0.25, -0.2) is 4.79 Å². The summed E-state index contributed by atoms with van der Waals surface area (Å²) in [6, 6.07) is -1.78. The number of carbonyl (C=O) groups excluding carboxylic acids is 4. The summed E-state index contributed by atoms with van der Waals surface area (Å²) in [5, 5.41) is 23.6. The summed E-state index contributed by atoms with van der Waals surface area (Å²) >= 11 is 0. The first kappa shape index (κ1) is 42.0. The monoisotopic (exact) mass is 669 g/mol. The Labute approximate surface area is 279 Å². The van der Waals surface area contributed by atoms with Crippen LogP contribution in [0.25, 0.3) is 0 Å². The van der Waals surface area contributed by atoms with Crippen molar-refractivity contribution in [2.24, 2.45) is 0 Å². The molecule has 0 aromatic rings. The van der Waals surface area contributed by atoms with Gasteiger partial charge in [-0.15, -0.1) is 0 Å². The topological polar surface area (TPSA) is 189 Å². The fourth-order valence-corrected chi connectivity index (χ4v) is 5.67. The molecule has 2 atom stereocenters. The van der Waals surface area contributed by atoms with Crippen LogP contribution in [0.2, 0.25) is 0 Å². The van der Waals surface area contributed by atoms with Gasteiger partial charge >= 0.3 is 11.9 Å². The SMILES string of the molecule is O=CCOCCOCCNC(=O)C1CCCN1C(=O)CCC(NC(=O)CCCCCCCCCCCCCCCCC(=O)O)C(=O)O. The van der Waals surface area contributed by atoms with Gasteiger partial charge in [0.25, 0.3) is 0 Å². The molecule has 0 aromatic carbocycles. The number of amides is 3. The van der Waals surface area contributed by atoms with Gasteiger partial charge in [0.15, 0.2) is 0 Å². The lowest BCUT2D eigenvalue weighted by Crippen LogP contribution is -2.47. The molecule has 0 bridgehead atoms. The van der Waals surface area contributed by atoms with E-state index in [0.29, 0.717) is 38.7 Å². The van der Waals surface area contributed by atoms with Crippen LogP contribution in [0.4, 0.5) is 0 Å². The lowest BCUT2D eigenvalue weighted by molar-refractivity contribution is -0.143. The van der Waals surface area contributed by atoms with E-state index < -0.39 is 24.0 Å². The number of nitrogens with one attached hydrogen (secondary N) is 2. The van der Waals surface area contributed by atoms with Gasteiger partial charge in [0.1, 0.15) is 25.0 Å². The molecule has 1 heterocycles. The minimum absolute atomic E-state index is 0.0108. The summed E-state index contributed by atoms with van der Waals surface area (Å²) in [4.78, 5) is 71.9. The molecule has 0 spiro atoms. The van der Waals surface area contributed by atoms with Crippen LogP contribution in [-0.4, -0.2) is 103 Å². The Hall–Kier alpha value is -3.06. The van der Waals surface area contributed by atoms with Crippen LogP contribution in [0, 0.1) is 0 Å². The smallest absolute Gasteiger partial charge is 0.326 e. The number of aldehydes is 1. The summed E-state index contributed by atoms with van der Waals surface area (Å²) in [5.41, 5.74) is 0. The molecule has 270 valence electrons. The van der Waals surface area contributed by atoms with E-state index in [0.717, 1.165) is 38.5 Å². The maximum Gasteiger partial charge on any atom is 0.326 e. The maximum atomic E-state index is 12.9. The summed E-state index contributed by atoms with van der Waals surface area (Å²) < 4.78 is 10.3. The number of hydrogen-bond acceptors (Lipinski definition) is 8. The van der Waals surface area contributed by atoms with E-state index in [-0.39, 0.29) is 69.8 Å². The second-order valence-corrected chi connectivity index (χ2v) is 12.2. The molecule has 4 N–H and O–H groups in total. The fourth-order valence-electron chi connectivity index (χ4n) is 5.67. The summed E-state index contributed by atoms with van der Waals surface area (Å²) in [6.07, 6.45) is 17.4. The highest BCUT2D eigenvalue weighted by molar-refractivity contribution is 5.89. The molecular weight excluding hydrogens is 610 g/mol. The zero-order valence-electron chi connectivity index (χ0n) is 28.2. The van der Waals surface area contributed by atoms with Crippen LogP contribution in [0.3, 0.4) is 0 Å². The van der Waals surface area contributed by atoms with Crippen molar-refractivity contribution in [3.8, 4) is 0 Å². The number of aliphatic carboxylic acids is 2. The van der Waals surface area contributed by atoms with Crippen LogP contribution >= 0.6 is 0 Å². The lowest BCUT2D eigenvalue weighted by Gasteiger charge is -2.24. The minimum Gasteiger partial charge on any atom is -0.481 e. The van der Waals surface area contributed by atoms with Gasteiger partial charge in [0.05, 0.1) is 19.8 Å². The highest BCUT2D eigenvalue weighted by atomic mass is 16.5. The number of carbonyl (C=O) groups is 6. The predicted octanol–water partition coefficient (Wildman–Crippen LogP) is 4.00. The van der Waals surface area contributed by atoms with E-state index in [1.54, 1.807) is 0 Å². The van der Waals surface area contributed by atoms with Crippen molar-refractivity contribution in [1.29, 1.82) is 0 Å². The highest BCUT2D eigenvalue weighted by Gasteiger charge is 2.34. The Bertz CT molecular complexity index is 917. The van der Waals surface area contributed by atoms with Crippen LogP contribution in [-0.2, 0) is 38.2 Å². The number of likely N-dealkylation sites (tertiary alicyclic amines) is 1. The van der Waals surface area contributed by atoms with Crippen molar-refractivity contribution in [3.05, 3.63) is 0 Å². The third-order valence-corrected chi connectivity index (χ3v) is 8.30. The minimum atomic E-state index is -1.19. The quantitative estimate of drug-likeness (QED) is 0.0620. The average molecular weight is 670 g/mol. The molecule has 13 heteroatoms. The van der Waals surface area contributed by atoms with Gasteiger partial charge in [-0.2, -0.15) is 0 Å². The van der Waals surface area contributed by atoms with Gasteiger partial charge < -0.3 is 40.0 Å². The molecule has 0 aromatic heterocycles. The molecule has 13 nitrogen and oxygen atoms in total. The first-order valence-electron chi connectivity index (χ1n) is 17.7. The van der Waals surface area contributed by atoms with Gasteiger partial charge in [-0.1, -0.05) is 77.0 Å². The Morgan fingerprint density at radius 3 is 1.85 bits per heavy atom. The van der Waals surface area contributed by atoms with Crippen LogP contribution in [0.5, 0.6) is 0 Å². The van der Waals surface area contributed by atoms with E-state index in [9.17, 15) is 33.9 Å². The third-order valence-electron chi connectivity index (χ3n) is 8.30. The van der Waals surface area contributed by atoms with E-state index >= 15 is 0 Å². The van der Waals surface area contributed by atoms with Crippen molar-refractivity contribution in [3.63, 3.8) is 0 Å². The second kappa shape index (κ2) is 28.0. The normalized spacial score (nSPS) is 14.9. The molecule has 3 amide bonds. The molecule has 0 radical (unpaired) electrons. The summed E-state index contributed by atoms with van der Waals surface area (Å²) in [5.74, 6) is -2.82. The number of ether oxygens (including phenoxy) is 2. The molecule has 0 aliphatic carbocycles. The Morgan fingerprint density at radius 1 is 0.745 bits per heavy atom. The first-order valence-corrected chi connectivity index (χ1v) is 17.7. The van der Waals surface area contributed by atoms with Gasteiger partial charge in [0.2, 0.25) is 17.7 Å². The average Bonchev–Trinajstić information content (AvgIpc) is 3.54. The number of rotatable bonds is 31. The second-order valence-electron chi connectivity index (χ2n) is 12.2. The number of hydrogen-bond donors (Lipinski definition) is 4. The maximum absolute atomic E-state index is 12.9. The van der Waals surface area contributed by atoms with E-state index in [4.69, 9.17) is 14.6 Å². The molecule has 1 fully saturated rings. The van der Waals surface area contributed by atoms with Gasteiger partial charge in [-0.3, -0.25) is 19.2 Å². The highest BCUT2D eigenvalue weighted by Crippen LogP contribution is 2.20. The zero-order chi connectivity index (χ0) is 34.5. The Balaban J connectivity index is 2.13. The fraction of sp³-hybridized carbons (Fsp3) is 0.824. The van der Waals surface area contributed by atoms with Gasteiger partial charge in [0, 0.05) is 32.4 Å². The zero-order valence-corrected chi connectivity index (χ0v) is 28.2. The van der Waals surface area contributed by atoms with Crippen molar-refractivity contribution in [2.75, 3.05) is 39.5 Å². The standard InChI is InChI=1S/C34H59N3O10/c38-23-25-47-27-26-46-24-21-35-33(43)29-16-15-22-37(29)31(40)20-19-28(34(44)45)36-30(39)17-13-11-9-7-5-3-1-2-4-6-8-10-12-14-18-32(41)42/h23,28-29H,1-22,24-27H2,(H,35,43)(H,36,39)(H,41,42)(H,44,45). The number of unbranched alkanes of at least 4 members (excludes halogenated alkanes) is 13. The van der Waals surface area contributed by atoms with Crippen LogP contribution < -0.4 is 10.6 Å². The largest absolute Gasteiger partial charge is 0.481 e. The molecule has 47 heavy (non-hydrogen) atoms. The van der Waals surface area contributed by atoms with E-state index in [2.05, 4.69) is 10.6 Å². The van der Waals surface area contributed by atoms with E-state index in [1.165, 1.54) is 49.8 Å². The van der Waals surface area contributed by atoms with Crippen molar-refractivity contribution < 1.29 is 48.5 Å². The Kier molecular flexibility index (Phi) is 25.0. The van der Waals surface area contributed by atoms with Crippen molar-refractivity contribution in [2.45, 2.75) is 141 Å². The van der Waals surface area contributed by atoms with E-state index in [1.807, 2.05) is 0 Å². The summed E-state index contributed by atoms with van der Waals surface area (Å²) in [6.45, 7) is 1.53.